The van der Waals surface area contributed by atoms with Crippen molar-refractivity contribution in [3.05, 3.63) is 82.9 Å². The molecule has 0 unspecified atom stereocenters. The van der Waals surface area contributed by atoms with E-state index in [1.165, 1.54) is 16.2 Å². The fourth-order valence-electron chi connectivity index (χ4n) is 5.61. The van der Waals surface area contributed by atoms with Crippen LogP contribution in [-0.4, -0.2) is 41.1 Å². The highest BCUT2D eigenvalue weighted by molar-refractivity contribution is 7.22. The van der Waals surface area contributed by atoms with Crippen LogP contribution in [0.3, 0.4) is 0 Å². The molecule has 3 heterocycles. The summed E-state index contributed by atoms with van der Waals surface area (Å²) in [4.78, 5) is 33.5. The van der Waals surface area contributed by atoms with Crippen molar-refractivity contribution in [2.24, 2.45) is 0 Å². The Morgan fingerprint density at radius 2 is 1.81 bits per heavy atom. The number of benzene rings is 3. The first-order valence-electron chi connectivity index (χ1n) is 14.7. The van der Waals surface area contributed by atoms with E-state index < -0.39 is 17.7 Å². The maximum absolute atomic E-state index is 13.7. The lowest BCUT2D eigenvalue weighted by molar-refractivity contribution is -0.132. The van der Waals surface area contributed by atoms with E-state index in [2.05, 4.69) is 6.92 Å². The molecule has 4 aromatic rings. The number of aliphatic hydroxyl groups is 1. The Hall–Kier alpha value is -4.37. The van der Waals surface area contributed by atoms with E-state index in [0.717, 1.165) is 35.3 Å². The number of aromatic nitrogens is 1. The van der Waals surface area contributed by atoms with Crippen LogP contribution >= 0.6 is 11.3 Å². The van der Waals surface area contributed by atoms with Gasteiger partial charge in [-0.25, -0.2) is 4.98 Å². The van der Waals surface area contributed by atoms with E-state index in [-0.39, 0.29) is 17.4 Å². The van der Waals surface area contributed by atoms with Crippen LogP contribution in [0.2, 0.25) is 0 Å². The number of hydrogen-bond donors (Lipinski definition) is 1. The number of hydrogen-bond acceptors (Lipinski definition) is 8. The fraction of sp³-hybridized carbons (Fsp3) is 0.324. The van der Waals surface area contributed by atoms with Gasteiger partial charge in [0, 0.05) is 12.0 Å². The molecule has 222 valence electrons. The first-order valence-corrected chi connectivity index (χ1v) is 15.6. The monoisotopic (exact) mass is 598 g/mol. The number of aliphatic hydroxyl groups excluding tert-OH is 1. The number of carbonyl (C=O) groups excluding carboxylic acids is 2. The van der Waals surface area contributed by atoms with E-state index in [0.29, 0.717) is 52.9 Å². The molecule has 43 heavy (non-hydrogen) atoms. The minimum Gasteiger partial charge on any atom is -0.507 e. The number of Topliss-reactive ketones (excluding diaryl/α,β-unsaturated/α-hetero) is 1. The lowest BCUT2D eigenvalue weighted by Gasteiger charge is -2.23. The van der Waals surface area contributed by atoms with Crippen LogP contribution in [0.15, 0.2) is 66.2 Å². The largest absolute Gasteiger partial charge is 0.507 e. The van der Waals surface area contributed by atoms with Gasteiger partial charge >= 0.3 is 5.91 Å². The maximum Gasteiger partial charge on any atom is 0.301 e. The van der Waals surface area contributed by atoms with Crippen LogP contribution in [0.5, 0.6) is 17.2 Å². The molecular weight excluding hydrogens is 564 g/mol. The lowest BCUT2D eigenvalue weighted by atomic mass is 9.94. The van der Waals surface area contributed by atoms with Crippen molar-refractivity contribution < 1.29 is 28.9 Å². The number of nitrogens with zero attached hydrogens (tertiary/aromatic N) is 2. The van der Waals surface area contributed by atoms with E-state index in [1.807, 2.05) is 62.4 Å². The van der Waals surface area contributed by atoms with Crippen molar-refractivity contribution in [2.45, 2.75) is 58.6 Å². The van der Waals surface area contributed by atoms with Crippen LogP contribution in [0.4, 0.5) is 5.13 Å². The lowest BCUT2D eigenvalue weighted by Crippen LogP contribution is -2.29. The highest BCUT2D eigenvalue weighted by Gasteiger charge is 2.48. The number of fused-ring (bicyclic) bond motifs is 2. The second-order valence-electron chi connectivity index (χ2n) is 10.8. The van der Waals surface area contributed by atoms with Gasteiger partial charge in [0.2, 0.25) is 0 Å². The highest BCUT2D eigenvalue weighted by atomic mass is 32.1. The fourth-order valence-corrected chi connectivity index (χ4v) is 6.63. The number of ketones is 1. The molecule has 0 radical (unpaired) electrons. The Kier molecular flexibility index (Phi) is 8.08. The molecule has 1 aromatic heterocycles. The molecule has 6 rings (SSSR count). The second kappa shape index (κ2) is 12.1. The summed E-state index contributed by atoms with van der Waals surface area (Å²) in [6.07, 6.45) is 3.89. The van der Waals surface area contributed by atoms with Crippen LogP contribution in [0.25, 0.3) is 16.0 Å². The summed E-state index contributed by atoms with van der Waals surface area (Å²) in [7, 11) is 0. The molecule has 1 N–H and O–H groups in total. The molecule has 0 aliphatic carbocycles. The Labute approximate surface area is 254 Å². The zero-order valence-corrected chi connectivity index (χ0v) is 25.3. The third-order valence-corrected chi connectivity index (χ3v) is 8.71. The molecule has 2 atom stereocenters. The van der Waals surface area contributed by atoms with Crippen LogP contribution in [0, 0.1) is 0 Å². The topological polar surface area (TPSA) is 98.2 Å². The Balaban J connectivity index is 1.43. The van der Waals surface area contributed by atoms with Gasteiger partial charge in [0.05, 0.1) is 35.0 Å². The van der Waals surface area contributed by atoms with Gasteiger partial charge < -0.3 is 19.3 Å². The number of carbonyl (C=O) groups is 2. The maximum atomic E-state index is 13.7. The van der Waals surface area contributed by atoms with Gasteiger partial charge in [-0.2, -0.15) is 0 Å². The van der Waals surface area contributed by atoms with Gasteiger partial charge in [-0.15, -0.1) is 0 Å². The predicted octanol–water partition coefficient (Wildman–Crippen LogP) is 7.21. The van der Waals surface area contributed by atoms with Gasteiger partial charge in [-0.05, 0) is 79.9 Å². The number of unbranched alkanes of at least 4 members (excludes halogenated alkanes) is 2. The molecule has 1 amide bonds. The highest BCUT2D eigenvalue weighted by Crippen LogP contribution is 2.45. The smallest absolute Gasteiger partial charge is 0.301 e. The minimum atomic E-state index is -0.885. The Morgan fingerprint density at radius 3 is 2.58 bits per heavy atom. The summed E-state index contributed by atoms with van der Waals surface area (Å²) < 4.78 is 18.2. The molecule has 1 saturated heterocycles. The quantitative estimate of drug-likeness (QED) is 0.0891. The number of amides is 1. The first kappa shape index (κ1) is 28.7. The van der Waals surface area contributed by atoms with E-state index in [1.54, 1.807) is 12.1 Å². The van der Waals surface area contributed by atoms with Crippen molar-refractivity contribution in [2.75, 3.05) is 18.1 Å². The normalized spacial score (nSPS) is 19.1. The number of anilines is 1. The molecular formula is C34H34N2O6S. The van der Waals surface area contributed by atoms with Gasteiger partial charge in [-0.3, -0.25) is 14.5 Å². The Morgan fingerprint density at radius 1 is 1.02 bits per heavy atom. The van der Waals surface area contributed by atoms with Crippen LogP contribution in [-0.2, 0) is 16.0 Å². The summed E-state index contributed by atoms with van der Waals surface area (Å²) in [5.74, 6) is 0.431. The van der Waals surface area contributed by atoms with Gasteiger partial charge in [0.1, 0.15) is 29.1 Å². The SMILES string of the molecule is CCCCCOc1ccc([C@H]2C(=C(O)c3ccc4c(c3)C[C@H](C)O4)C(=O)C(=O)N2c2nc3ccc(OCC)cc3s2)cc1. The summed E-state index contributed by atoms with van der Waals surface area (Å²) in [5.41, 5.74) is 2.77. The van der Waals surface area contributed by atoms with Gasteiger partial charge in [-0.1, -0.05) is 43.2 Å². The van der Waals surface area contributed by atoms with Crippen molar-refractivity contribution >= 4 is 44.1 Å². The molecule has 1 fully saturated rings. The van der Waals surface area contributed by atoms with Crippen molar-refractivity contribution in [3.8, 4) is 17.2 Å². The average Bonchev–Trinajstić information content (AvgIpc) is 3.67. The van der Waals surface area contributed by atoms with Crippen molar-refractivity contribution in [3.63, 3.8) is 0 Å². The molecule has 0 spiro atoms. The summed E-state index contributed by atoms with van der Waals surface area (Å²) in [6, 6.07) is 17.4. The van der Waals surface area contributed by atoms with E-state index in [9.17, 15) is 14.7 Å². The summed E-state index contributed by atoms with van der Waals surface area (Å²) in [6.45, 7) is 7.18. The number of ether oxygens (including phenoxy) is 3. The third kappa shape index (κ3) is 5.57. The molecule has 2 aliphatic heterocycles. The minimum absolute atomic E-state index is 0.0165. The van der Waals surface area contributed by atoms with Crippen molar-refractivity contribution in [1.29, 1.82) is 0 Å². The van der Waals surface area contributed by atoms with Crippen LogP contribution in [0.1, 0.15) is 62.8 Å². The molecule has 0 saturated carbocycles. The number of thiazole rings is 1. The molecule has 2 aliphatic rings. The summed E-state index contributed by atoms with van der Waals surface area (Å²) >= 11 is 1.30. The molecule has 8 nitrogen and oxygen atoms in total. The molecule has 3 aromatic carbocycles. The van der Waals surface area contributed by atoms with E-state index >= 15 is 0 Å². The predicted molar refractivity (Wildman–Crippen MR) is 167 cm³/mol. The summed E-state index contributed by atoms with van der Waals surface area (Å²) in [5, 5.41) is 12.0. The van der Waals surface area contributed by atoms with Gasteiger partial charge in [0.15, 0.2) is 5.13 Å². The number of rotatable bonds is 10. The first-order chi connectivity index (χ1) is 20.9. The van der Waals surface area contributed by atoms with Gasteiger partial charge in [0.25, 0.3) is 5.78 Å². The Bertz CT molecular complexity index is 1710. The second-order valence-corrected chi connectivity index (χ2v) is 11.8. The molecule has 0 bridgehead atoms. The molecule has 9 heteroatoms. The standard InChI is InChI=1S/C34H34N2O6S/c1-4-6-7-16-41-24-11-8-21(9-12-24)30-29(31(37)22-10-15-27-23(18-22)17-20(3)42-27)32(38)33(39)36(30)34-35-26-14-13-25(40-5-2)19-28(26)43-34/h8-15,18-20,30,37H,4-7,16-17H2,1-3H3/t20-,30-/m0/s1. The van der Waals surface area contributed by atoms with Crippen molar-refractivity contribution in [1.82, 2.24) is 4.98 Å². The zero-order valence-electron chi connectivity index (χ0n) is 24.5. The van der Waals surface area contributed by atoms with E-state index in [4.69, 9.17) is 19.2 Å². The van der Waals surface area contributed by atoms with Crippen LogP contribution < -0.4 is 19.1 Å². The average molecular weight is 599 g/mol. The third-order valence-electron chi connectivity index (χ3n) is 7.69. The zero-order chi connectivity index (χ0) is 30.1.